The molecule has 210 valence electrons. The number of aromatic nitrogens is 1. The summed E-state index contributed by atoms with van der Waals surface area (Å²) in [5.74, 6) is 0.542. The maximum absolute atomic E-state index is 12.8. The van der Waals surface area contributed by atoms with Gasteiger partial charge in [-0.15, -0.1) is 0 Å². The molecule has 1 saturated carbocycles. The number of hydrogen-bond acceptors (Lipinski definition) is 4. The van der Waals surface area contributed by atoms with Gasteiger partial charge in [0.2, 0.25) is 0 Å². The number of aliphatic carboxylic acids is 1. The van der Waals surface area contributed by atoms with Crippen molar-refractivity contribution in [1.29, 1.82) is 0 Å². The standard InChI is InChI=1S/C35H35ClN2O3/c36-29-11-6-12-30(22-29)38-35(33(39)40)17-15-34(16-18-35)28(20-26-10-4-5-14-32(26)34)21-27(25-8-2-1-3-9-25)24-41-31-13-7-19-37-23-31/h1-14,19,22-23,27-28,38H,15-18,20-21,24H2,(H,39,40)/t27-,28+,34?,35?/m0/s1. The first kappa shape index (κ1) is 27.3. The fourth-order valence-corrected chi connectivity index (χ4v) is 7.40. The molecule has 1 spiro atoms. The van der Waals surface area contributed by atoms with E-state index in [4.69, 9.17) is 16.3 Å². The molecular weight excluding hydrogens is 532 g/mol. The molecule has 2 aliphatic rings. The number of benzene rings is 3. The molecular formula is C35H35ClN2O3. The second kappa shape index (κ2) is 11.6. The minimum Gasteiger partial charge on any atom is -0.491 e. The zero-order valence-electron chi connectivity index (χ0n) is 23.0. The van der Waals surface area contributed by atoms with E-state index < -0.39 is 11.5 Å². The van der Waals surface area contributed by atoms with Crippen LogP contribution in [-0.4, -0.2) is 28.2 Å². The van der Waals surface area contributed by atoms with Crippen LogP contribution < -0.4 is 10.1 Å². The van der Waals surface area contributed by atoms with Crippen LogP contribution in [0.2, 0.25) is 5.02 Å². The first-order valence-electron chi connectivity index (χ1n) is 14.4. The smallest absolute Gasteiger partial charge is 0.329 e. The van der Waals surface area contributed by atoms with Crippen LogP contribution in [0.4, 0.5) is 5.69 Å². The lowest BCUT2D eigenvalue weighted by Crippen LogP contribution is -2.53. The highest BCUT2D eigenvalue weighted by Crippen LogP contribution is 2.56. The molecule has 6 rings (SSSR count). The molecule has 6 heteroatoms. The van der Waals surface area contributed by atoms with E-state index in [-0.39, 0.29) is 11.3 Å². The molecule has 41 heavy (non-hydrogen) atoms. The Morgan fingerprint density at radius 1 is 0.976 bits per heavy atom. The lowest BCUT2D eigenvalue weighted by Gasteiger charge is -2.47. The number of anilines is 1. The van der Waals surface area contributed by atoms with E-state index in [0.29, 0.717) is 30.4 Å². The number of nitrogens with zero attached hydrogens (tertiary/aromatic N) is 1. The van der Waals surface area contributed by atoms with Crippen LogP contribution in [0.1, 0.15) is 54.7 Å². The molecule has 2 aliphatic carbocycles. The van der Waals surface area contributed by atoms with E-state index in [1.54, 1.807) is 24.5 Å². The van der Waals surface area contributed by atoms with Gasteiger partial charge in [0.25, 0.3) is 0 Å². The van der Waals surface area contributed by atoms with Gasteiger partial charge in [-0.2, -0.15) is 0 Å². The van der Waals surface area contributed by atoms with Crippen molar-refractivity contribution >= 4 is 23.3 Å². The average molecular weight is 567 g/mol. The van der Waals surface area contributed by atoms with Gasteiger partial charge in [0, 0.05) is 22.8 Å². The van der Waals surface area contributed by atoms with E-state index in [9.17, 15) is 9.90 Å². The van der Waals surface area contributed by atoms with E-state index in [1.165, 1.54) is 16.7 Å². The van der Waals surface area contributed by atoms with Crippen molar-refractivity contribution in [3.63, 3.8) is 0 Å². The number of rotatable bonds is 9. The molecule has 1 aromatic heterocycles. The van der Waals surface area contributed by atoms with Crippen molar-refractivity contribution in [2.75, 3.05) is 11.9 Å². The van der Waals surface area contributed by atoms with Crippen molar-refractivity contribution in [2.45, 2.75) is 55.4 Å². The van der Waals surface area contributed by atoms with Crippen LogP contribution in [0.25, 0.3) is 0 Å². The van der Waals surface area contributed by atoms with E-state index in [1.807, 2.05) is 24.3 Å². The third kappa shape index (κ3) is 5.56. The molecule has 0 saturated heterocycles. The third-order valence-electron chi connectivity index (χ3n) is 9.34. The first-order chi connectivity index (χ1) is 20.0. The molecule has 3 aromatic carbocycles. The maximum atomic E-state index is 12.8. The van der Waals surface area contributed by atoms with Crippen LogP contribution in [0, 0.1) is 5.92 Å². The Balaban J connectivity index is 1.28. The first-order valence-corrected chi connectivity index (χ1v) is 14.8. The summed E-state index contributed by atoms with van der Waals surface area (Å²) in [7, 11) is 0. The second-order valence-corrected chi connectivity index (χ2v) is 12.0. The van der Waals surface area contributed by atoms with Crippen LogP contribution in [-0.2, 0) is 16.6 Å². The van der Waals surface area contributed by atoms with Crippen molar-refractivity contribution < 1.29 is 14.6 Å². The molecule has 1 heterocycles. The number of carboxylic acid groups (broad SMARTS) is 1. The number of nitrogens with one attached hydrogen (secondary N) is 1. The lowest BCUT2D eigenvalue weighted by molar-refractivity contribution is -0.144. The molecule has 4 aromatic rings. The Kier molecular flexibility index (Phi) is 7.72. The van der Waals surface area contributed by atoms with Gasteiger partial charge in [-0.3, -0.25) is 4.98 Å². The third-order valence-corrected chi connectivity index (χ3v) is 9.58. The Morgan fingerprint density at radius 2 is 1.76 bits per heavy atom. The molecule has 0 aliphatic heterocycles. The SMILES string of the molecule is O=C(O)C1(Nc2cccc(Cl)c2)CCC2(CC1)c1ccccc1C[C@@H]2C[C@@H](COc1cccnc1)c1ccccc1. The van der Waals surface area contributed by atoms with Crippen molar-refractivity contribution in [2.24, 2.45) is 5.92 Å². The van der Waals surface area contributed by atoms with Gasteiger partial charge in [-0.25, -0.2) is 4.79 Å². The highest BCUT2D eigenvalue weighted by molar-refractivity contribution is 6.30. The van der Waals surface area contributed by atoms with Gasteiger partial charge in [0.05, 0.1) is 12.8 Å². The number of pyridine rings is 1. The summed E-state index contributed by atoms with van der Waals surface area (Å²) in [4.78, 5) is 17.0. The number of ether oxygens (including phenoxy) is 1. The van der Waals surface area contributed by atoms with Crippen molar-refractivity contribution in [1.82, 2.24) is 4.98 Å². The minimum absolute atomic E-state index is 0.0765. The molecule has 0 radical (unpaired) electrons. The Labute approximate surface area is 246 Å². The van der Waals surface area contributed by atoms with Gasteiger partial charge >= 0.3 is 5.97 Å². The average Bonchev–Trinajstić information content (AvgIpc) is 3.30. The van der Waals surface area contributed by atoms with Crippen molar-refractivity contribution in [3.8, 4) is 5.75 Å². The fourth-order valence-electron chi connectivity index (χ4n) is 7.21. The Hall–Kier alpha value is -3.83. The Morgan fingerprint density at radius 3 is 2.49 bits per heavy atom. The molecule has 2 N–H and O–H groups in total. The van der Waals surface area contributed by atoms with E-state index >= 15 is 0 Å². The summed E-state index contributed by atoms with van der Waals surface area (Å²) >= 11 is 6.22. The number of fused-ring (bicyclic) bond motifs is 2. The summed E-state index contributed by atoms with van der Waals surface area (Å²) in [5, 5.41) is 14.4. The zero-order chi connectivity index (χ0) is 28.3. The predicted molar refractivity (Wildman–Crippen MR) is 163 cm³/mol. The fraction of sp³-hybridized carbons (Fsp3) is 0.314. The van der Waals surface area contributed by atoms with Crippen LogP contribution in [0.3, 0.4) is 0 Å². The van der Waals surface area contributed by atoms with Crippen molar-refractivity contribution in [3.05, 3.63) is 125 Å². The van der Waals surface area contributed by atoms with Crippen LogP contribution in [0.15, 0.2) is 103 Å². The van der Waals surface area contributed by atoms with Crippen LogP contribution in [0.5, 0.6) is 5.75 Å². The highest BCUT2D eigenvalue weighted by Gasteiger charge is 2.54. The summed E-state index contributed by atoms with van der Waals surface area (Å²) < 4.78 is 6.27. The maximum Gasteiger partial charge on any atom is 0.329 e. The highest BCUT2D eigenvalue weighted by atomic mass is 35.5. The normalized spacial score (nSPS) is 24.0. The zero-order valence-corrected chi connectivity index (χ0v) is 23.8. The molecule has 0 bridgehead atoms. The van der Waals surface area contributed by atoms with Crippen LogP contribution >= 0.6 is 11.6 Å². The summed E-state index contributed by atoms with van der Waals surface area (Å²) in [5.41, 5.74) is 3.69. The largest absolute Gasteiger partial charge is 0.491 e. The number of carbonyl (C=O) groups is 1. The lowest BCUT2D eigenvalue weighted by atomic mass is 9.59. The second-order valence-electron chi connectivity index (χ2n) is 11.6. The summed E-state index contributed by atoms with van der Waals surface area (Å²) in [6, 6.07) is 30.6. The molecule has 0 unspecified atom stereocenters. The number of hydrogen-bond donors (Lipinski definition) is 2. The predicted octanol–water partition coefficient (Wildman–Crippen LogP) is 7.91. The molecule has 0 amide bonds. The number of halogens is 1. The molecule has 5 nitrogen and oxygen atoms in total. The minimum atomic E-state index is -1.03. The summed E-state index contributed by atoms with van der Waals surface area (Å²) in [6.45, 7) is 0.564. The van der Waals surface area contributed by atoms with Gasteiger partial charge < -0.3 is 15.2 Å². The summed E-state index contributed by atoms with van der Waals surface area (Å²) in [6.07, 6.45) is 8.16. The number of carboxylic acids is 1. The van der Waals surface area contributed by atoms with E-state index in [0.717, 1.165) is 37.1 Å². The van der Waals surface area contributed by atoms with Gasteiger partial charge in [0.1, 0.15) is 11.3 Å². The molecule has 1 fully saturated rings. The van der Waals surface area contributed by atoms with Gasteiger partial charge in [0.15, 0.2) is 0 Å². The quantitative estimate of drug-likeness (QED) is 0.215. The van der Waals surface area contributed by atoms with Gasteiger partial charge in [-0.05, 0) is 96.9 Å². The topological polar surface area (TPSA) is 71.5 Å². The monoisotopic (exact) mass is 566 g/mol. The van der Waals surface area contributed by atoms with Gasteiger partial charge in [-0.1, -0.05) is 72.3 Å². The Bertz CT molecular complexity index is 1490. The molecule has 2 atom stereocenters. The van der Waals surface area contributed by atoms with E-state index in [2.05, 4.69) is 64.9 Å².